The summed E-state index contributed by atoms with van der Waals surface area (Å²) in [4.78, 5) is 0. The molecule has 0 heterocycles. The third kappa shape index (κ3) is 5.99. The molecule has 0 amide bonds. The maximum Gasteiger partial charge on any atom is 0.432 e. The quantitative estimate of drug-likeness (QED) is 0.284. The highest BCUT2D eigenvalue weighted by Gasteiger charge is 2.41. The predicted molar refractivity (Wildman–Crippen MR) is 120 cm³/mol. The first kappa shape index (κ1) is 26.8. The topological polar surface area (TPSA) is 18.5 Å². The number of alkyl halides is 4. The summed E-state index contributed by atoms with van der Waals surface area (Å²) in [5, 5.41) is 0. The molecule has 0 atom stereocenters. The van der Waals surface area contributed by atoms with Crippen molar-refractivity contribution in [1.82, 2.24) is 0 Å². The van der Waals surface area contributed by atoms with Gasteiger partial charge in [-0.05, 0) is 53.5 Å². The Balaban J connectivity index is 1.56. The van der Waals surface area contributed by atoms with E-state index in [-0.39, 0.29) is 17.7 Å². The van der Waals surface area contributed by atoms with E-state index >= 15 is 0 Å². The van der Waals surface area contributed by atoms with Gasteiger partial charge in [0.25, 0.3) is 0 Å². The van der Waals surface area contributed by atoms with Crippen molar-refractivity contribution in [2.24, 2.45) is 5.92 Å². The van der Waals surface area contributed by atoms with Crippen LogP contribution in [0.1, 0.15) is 49.7 Å². The lowest BCUT2D eigenvalue weighted by Gasteiger charge is -2.26. The van der Waals surface area contributed by atoms with Crippen molar-refractivity contribution in [3.05, 3.63) is 82.9 Å². The van der Waals surface area contributed by atoms with Gasteiger partial charge in [-0.1, -0.05) is 44.0 Å². The van der Waals surface area contributed by atoms with Crippen LogP contribution >= 0.6 is 0 Å². The molecule has 3 aromatic rings. The highest BCUT2D eigenvalue weighted by atomic mass is 19.3. The van der Waals surface area contributed by atoms with Gasteiger partial charge in [-0.15, -0.1) is 0 Å². The Hall–Kier alpha value is -3.30. The van der Waals surface area contributed by atoms with Crippen LogP contribution < -0.4 is 9.47 Å². The minimum absolute atomic E-state index is 0.00366. The van der Waals surface area contributed by atoms with Gasteiger partial charge in [-0.25, -0.2) is 17.6 Å². The molecule has 0 bridgehead atoms. The highest BCUT2D eigenvalue weighted by molar-refractivity contribution is 5.64. The van der Waals surface area contributed by atoms with Crippen LogP contribution in [0.15, 0.2) is 48.5 Å². The molecule has 0 radical (unpaired) electrons. The SMILES string of the molecule is CC1CCC(c2ccc(-c3cc(F)c(C(F)(F)Oc4cc(F)c(OC(F)F)c(F)c4)c(F)c3)cc2)CC1. The molecule has 198 valence electrons. The van der Waals surface area contributed by atoms with Gasteiger partial charge in [-0.2, -0.15) is 17.6 Å². The van der Waals surface area contributed by atoms with Gasteiger partial charge in [0.1, 0.15) is 22.9 Å². The van der Waals surface area contributed by atoms with Crippen LogP contribution in [-0.4, -0.2) is 6.61 Å². The van der Waals surface area contributed by atoms with Gasteiger partial charge in [-0.3, -0.25) is 0 Å². The molecule has 2 nitrogen and oxygen atoms in total. The van der Waals surface area contributed by atoms with Crippen molar-refractivity contribution < 1.29 is 44.6 Å². The maximum absolute atomic E-state index is 14.7. The van der Waals surface area contributed by atoms with E-state index in [9.17, 15) is 35.1 Å². The molecule has 0 saturated heterocycles. The first-order valence-electron chi connectivity index (χ1n) is 11.5. The maximum atomic E-state index is 14.7. The summed E-state index contributed by atoms with van der Waals surface area (Å²) >= 11 is 0. The zero-order valence-corrected chi connectivity index (χ0v) is 19.5. The van der Waals surface area contributed by atoms with E-state index in [4.69, 9.17) is 0 Å². The van der Waals surface area contributed by atoms with Crippen molar-refractivity contribution in [3.8, 4) is 22.6 Å². The van der Waals surface area contributed by atoms with Crippen molar-refractivity contribution in [2.45, 2.75) is 51.2 Å². The molecule has 0 aromatic heterocycles. The minimum atomic E-state index is -4.70. The summed E-state index contributed by atoms with van der Waals surface area (Å²) in [7, 11) is 0. The summed E-state index contributed by atoms with van der Waals surface area (Å²) in [5.74, 6) is -8.48. The molecule has 0 spiro atoms. The fourth-order valence-corrected chi connectivity index (χ4v) is 4.56. The standard InChI is InChI=1S/C27H22F8O2/c1-14-2-4-15(5-3-14)16-6-8-17(9-7-16)18-10-20(28)24(21(29)11-18)27(34,35)37-19-12-22(30)25(23(31)13-19)36-26(32)33/h6-15,26H,2-5H2,1H3. The fraction of sp³-hybridized carbons (Fsp3) is 0.333. The predicted octanol–water partition coefficient (Wildman–Crippen LogP) is 8.93. The van der Waals surface area contributed by atoms with Gasteiger partial charge in [0.2, 0.25) is 0 Å². The Morgan fingerprint density at radius 1 is 0.757 bits per heavy atom. The van der Waals surface area contributed by atoms with Crippen LogP contribution in [0.4, 0.5) is 35.1 Å². The molecule has 4 rings (SSSR count). The average molecular weight is 530 g/mol. The highest BCUT2D eigenvalue weighted by Crippen LogP contribution is 2.40. The van der Waals surface area contributed by atoms with Gasteiger partial charge in [0.05, 0.1) is 0 Å². The van der Waals surface area contributed by atoms with Gasteiger partial charge < -0.3 is 9.47 Å². The van der Waals surface area contributed by atoms with Gasteiger partial charge >= 0.3 is 12.7 Å². The monoisotopic (exact) mass is 530 g/mol. The van der Waals surface area contributed by atoms with Gasteiger partial charge in [0.15, 0.2) is 17.4 Å². The Morgan fingerprint density at radius 2 is 1.30 bits per heavy atom. The second kappa shape index (κ2) is 10.6. The van der Waals surface area contributed by atoms with Crippen molar-refractivity contribution in [2.75, 3.05) is 0 Å². The first-order chi connectivity index (χ1) is 17.4. The molecule has 0 aliphatic heterocycles. The molecule has 0 N–H and O–H groups in total. The van der Waals surface area contributed by atoms with Crippen LogP contribution in [0, 0.1) is 29.2 Å². The summed E-state index contributed by atoms with van der Waals surface area (Å²) < 4.78 is 119. The molecule has 0 unspecified atom stereocenters. The molecular formula is C27H22F8O2. The lowest BCUT2D eigenvalue weighted by Crippen LogP contribution is -2.25. The summed E-state index contributed by atoms with van der Waals surface area (Å²) in [5.41, 5.74) is -0.278. The van der Waals surface area contributed by atoms with Crippen molar-refractivity contribution in [1.29, 1.82) is 0 Å². The fourth-order valence-electron chi connectivity index (χ4n) is 4.56. The van der Waals surface area contributed by atoms with E-state index in [2.05, 4.69) is 16.4 Å². The van der Waals surface area contributed by atoms with Crippen LogP contribution in [0.5, 0.6) is 11.5 Å². The third-order valence-electron chi connectivity index (χ3n) is 6.49. The molecule has 1 saturated carbocycles. The van der Waals surface area contributed by atoms with Crippen LogP contribution in [-0.2, 0) is 6.11 Å². The number of rotatable bonds is 7. The van der Waals surface area contributed by atoms with Crippen LogP contribution in [0.3, 0.4) is 0 Å². The number of ether oxygens (including phenoxy) is 2. The molecule has 1 fully saturated rings. The smallest absolute Gasteiger partial charge is 0.429 e. The molecule has 3 aromatic carbocycles. The van der Waals surface area contributed by atoms with Crippen LogP contribution in [0.25, 0.3) is 11.1 Å². The molecule has 1 aliphatic rings. The zero-order chi connectivity index (χ0) is 26.9. The zero-order valence-electron chi connectivity index (χ0n) is 19.5. The van der Waals surface area contributed by atoms with Crippen molar-refractivity contribution in [3.63, 3.8) is 0 Å². The lowest BCUT2D eigenvalue weighted by molar-refractivity contribution is -0.189. The van der Waals surface area contributed by atoms with Crippen molar-refractivity contribution >= 4 is 0 Å². The second-order valence-corrected chi connectivity index (χ2v) is 9.11. The van der Waals surface area contributed by atoms with Gasteiger partial charge in [0, 0.05) is 12.1 Å². The largest absolute Gasteiger partial charge is 0.432 e. The molecule has 1 aliphatic carbocycles. The van der Waals surface area contributed by atoms with E-state index < -0.39 is 53.1 Å². The van der Waals surface area contributed by atoms with Crippen LogP contribution in [0.2, 0.25) is 0 Å². The lowest BCUT2D eigenvalue weighted by atomic mass is 9.79. The summed E-state index contributed by atoms with van der Waals surface area (Å²) in [6.07, 6.45) is -0.369. The Bertz CT molecular complexity index is 1210. The number of halogens is 8. The van der Waals surface area contributed by atoms with E-state index in [0.717, 1.165) is 31.2 Å². The Morgan fingerprint density at radius 3 is 1.81 bits per heavy atom. The summed E-state index contributed by atoms with van der Waals surface area (Å²) in [6, 6.07) is 8.68. The minimum Gasteiger partial charge on any atom is -0.429 e. The second-order valence-electron chi connectivity index (χ2n) is 9.11. The van der Waals surface area contributed by atoms with E-state index in [0.29, 0.717) is 29.5 Å². The summed E-state index contributed by atoms with van der Waals surface area (Å²) in [6.45, 7) is -1.37. The first-order valence-corrected chi connectivity index (χ1v) is 11.5. The number of hydrogen-bond acceptors (Lipinski definition) is 2. The number of benzene rings is 3. The normalized spacial score (nSPS) is 18.2. The average Bonchev–Trinajstić information content (AvgIpc) is 2.81. The Kier molecular flexibility index (Phi) is 7.66. The van der Waals surface area contributed by atoms with E-state index in [1.54, 1.807) is 12.1 Å². The Labute approximate surface area is 207 Å². The molecule has 37 heavy (non-hydrogen) atoms. The van der Waals surface area contributed by atoms with E-state index in [1.807, 2.05) is 12.1 Å². The molecule has 10 heteroatoms. The number of hydrogen-bond donors (Lipinski definition) is 0. The third-order valence-corrected chi connectivity index (χ3v) is 6.49. The molecular weight excluding hydrogens is 508 g/mol. The van der Waals surface area contributed by atoms with E-state index in [1.165, 1.54) is 0 Å².